The highest BCUT2D eigenvalue weighted by Gasteiger charge is 2.36. The molecule has 0 spiro atoms. The van der Waals surface area contributed by atoms with Crippen LogP contribution >= 0.6 is 0 Å². The van der Waals surface area contributed by atoms with E-state index in [1.165, 1.54) is 24.0 Å². The Balaban J connectivity index is 2.22. The Morgan fingerprint density at radius 1 is 1.44 bits per heavy atom. The fraction of sp³-hybridized carbons (Fsp3) is 0.625. The minimum atomic E-state index is -0.140. The van der Waals surface area contributed by atoms with Crippen molar-refractivity contribution in [2.24, 2.45) is 11.7 Å². The average Bonchev–Trinajstić information content (AvgIpc) is 2.67. The highest BCUT2D eigenvalue weighted by molar-refractivity contribution is 5.43. The van der Waals surface area contributed by atoms with E-state index in [1.54, 1.807) is 7.11 Å². The lowest BCUT2D eigenvalue weighted by atomic mass is 9.82. The lowest BCUT2D eigenvalue weighted by molar-refractivity contribution is 0.319. The molecule has 1 aliphatic rings. The monoisotopic (exact) mass is 247 g/mol. The molecule has 0 saturated heterocycles. The van der Waals surface area contributed by atoms with Gasteiger partial charge in [0.05, 0.1) is 7.11 Å². The Labute approximate surface area is 111 Å². The molecule has 2 atom stereocenters. The van der Waals surface area contributed by atoms with Crippen LogP contribution in [0, 0.1) is 5.92 Å². The van der Waals surface area contributed by atoms with Crippen molar-refractivity contribution < 1.29 is 4.74 Å². The Hall–Kier alpha value is -1.02. The van der Waals surface area contributed by atoms with Crippen LogP contribution in [0.3, 0.4) is 0 Å². The molecule has 2 N–H and O–H groups in total. The maximum atomic E-state index is 6.67. The molecule has 0 saturated carbocycles. The molecule has 2 rings (SSSR count). The van der Waals surface area contributed by atoms with E-state index in [9.17, 15) is 0 Å². The molecular formula is C16H25NO. The molecule has 18 heavy (non-hydrogen) atoms. The van der Waals surface area contributed by atoms with Crippen LogP contribution in [-0.2, 0) is 12.0 Å². The summed E-state index contributed by atoms with van der Waals surface area (Å²) in [6.07, 6.45) is 5.76. The fourth-order valence-electron chi connectivity index (χ4n) is 3.29. The van der Waals surface area contributed by atoms with Gasteiger partial charge in [-0.2, -0.15) is 0 Å². The number of aryl methyl sites for hydroxylation is 1. The highest BCUT2D eigenvalue weighted by Crippen LogP contribution is 2.41. The van der Waals surface area contributed by atoms with Crippen molar-refractivity contribution in [1.82, 2.24) is 0 Å². The fourth-order valence-corrected chi connectivity index (χ4v) is 3.29. The van der Waals surface area contributed by atoms with Crippen molar-refractivity contribution in [3.8, 4) is 5.75 Å². The predicted octanol–water partition coefficient (Wildman–Crippen LogP) is 3.62. The third-order valence-electron chi connectivity index (χ3n) is 4.19. The Bertz CT molecular complexity index is 416. The first-order chi connectivity index (χ1) is 8.59. The van der Waals surface area contributed by atoms with Crippen LogP contribution in [0.25, 0.3) is 0 Å². The van der Waals surface area contributed by atoms with Crippen molar-refractivity contribution in [3.63, 3.8) is 0 Å². The van der Waals surface area contributed by atoms with Gasteiger partial charge >= 0.3 is 0 Å². The van der Waals surface area contributed by atoms with E-state index in [0.29, 0.717) is 5.92 Å². The normalized spacial score (nSPS) is 23.8. The number of ether oxygens (including phenoxy) is 1. The summed E-state index contributed by atoms with van der Waals surface area (Å²) in [7, 11) is 1.72. The van der Waals surface area contributed by atoms with E-state index in [1.807, 2.05) is 6.07 Å². The molecule has 0 amide bonds. The number of methoxy groups -OCH3 is 1. The zero-order valence-electron chi connectivity index (χ0n) is 11.8. The summed E-state index contributed by atoms with van der Waals surface area (Å²) < 4.78 is 5.33. The van der Waals surface area contributed by atoms with E-state index in [0.717, 1.165) is 25.0 Å². The third-order valence-corrected chi connectivity index (χ3v) is 4.19. The van der Waals surface area contributed by atoms with Gasteiger partial charge in [0.15, 0.2) is 0 Å². The zero-order chi connectivity index (χ0) is 13.2. The zero-order valence-corrected chi connectivity index (χ0v) is 11.8. The number of rotatable bonds is 5. The first-order valence-corrected chi connectivity index (χ1v) is 7.05. The molecule has 1 aliphatic carbocycles. The van der Waals surface area contributed by atoms with Gasteiger partial charge in [0, 0.05) is 5.54 Å². The lowest BCUT2D eigenvalue weighted by Gasteiger charge is -2.29. The van der Waals surface area contributed by atoms with Crippen LogP contribution in [0.4, 0.5) is 0 Å². The summed E-state index contributed by atoms with van der Waals surface area (Å²) in [5.74, 6) is 1.62. The van der Waals surface area contributed by atoms with Crippen LogP contribution in [-0.4, -0.2) is 7.11 Å². The molecule has 100 valence electrons. The molecule has 0 aromatic heterocycles. The molecule has 2 unspecified atom stereocenters. The molecule has 1 aromatic rings. The van der Waals surface area contributed by atoms with Gasteiger partial charge in [0.2, 0.25) is 0 Å². The smallest absolute Gasteiger partial charge is 0.119 e. The van der Waals surface area contributed by atoms with E-state index in [-0.39, 0.29) is 5.54 Å². The van der Waals surface area contributed by atoms with Crippen molar-refractivity contribution in [2.75, 3.05) is 7.11 Å². The maximum absolute atomic E-state index is 6.67. The molecule has 0 radical (unpaired) electrons. The van der Waals surface area contributed by atoms with Gasteiger partial charge in [-0.1, -0.05) is 32.8 Å². The van der Waals surface area contributed by atoms with Crippen LogP contribution in [0.5, 0.6) is 5.75 Å². The van der Waals surface area contributed by atoms with Crippen molar-refractivity contribution in [1.29, 1.82) is 0 Å². The first kappa shape index (κ1) is 13.4. The molecule has 0 bridgehead atoms. The molecule has 2 heteroatoms. The lowest BCUT2D eigenvalue weighted by Crippen LogP contribution is -2.36. The second-order valence-corrected chi connectivity index (χ2v) is 5.78. The van der Waals surface area contributed by atoms with Crippen LogP contribution in [0.1, 0.15) is 50.7 Å². The summed E-state index contributed by atoms with van der Waals surface area (Å²) >= 11 is 0. The SMILES string of the molecule is CCCC(C)CC1(N)CCc2ccc(OC)cc21. The number of hydrogen-bond donors (Lipinski definition) is 1. The van der Waals surface area contributed by atoms with Gasteiger partial charge in [0.25, 0.3) is 0 Å². The van der Waals surface area contributed by atoms with Crippen LogP contribution in [0.15, 0.2) is 18.2 Å². The topological polar surface area (TPSA) is 35.2 Å². The third kappa shape index (κ3) is 2.54. The Morgan fingerprint density at radius 2 is 2.22 bits per heavy atom. The second kappa shape index (κ2) is 5.31. The standard InChI is InChI=1S/C16H25NO/c1-4-5-12(2)11-16(17)9-8-13-6-7-14(18-3)10-15(13)16/h6-7,10,12H,4-5,8-9,11,17H2,1-3H3. The van der Waals surface area contributed by atoms with E-state index < -0.39 is 0 Å². The quantitative estimate of drug-likeness (QED) is 0.862. The minimum absolute atomic E-state index is 0.140. The van der Waals surface area contributed by atoms with E-state index in [4.69, 9.17) is 10.5 Å². The summed E-state index contributed by atoms with van der Waals surface area (Å²) in [5, 5.41) is 0. The Morgan fingerprint density at radius 3 is 2.89 bits per heavy atom. The minimum Gasteiger partial charge on any atom is -0.497 e. The van der Waals surface area contributed by atoms with Gasteiger partial charge in [-0.15, -0.1) is 0 Å². The Kier molecular flexibility index (Phi) is 3.96. The summed E-state index contributed by atoms with van der Waals surface area (Å²) in [4.78, 5) is 0. The van der Waals surface area contributed by atoms with Gasteiger partial charge in [-0.25, -0.2) is 0 Å². The predicted molar refractivity (Wildman–Crippen MR) is 75.9 cm³/mol. The van der Waals surface area contributed by atoms with E-state index in [2.05, 4.69) is 26.0 Å². The molecule has 0 aliphatic heterocycles. The molecule has 2 nitrogen and oxygen atoms in total. The average molecular weight is 247 g/mol. The van der Waals surface area contributed by atoms with Gasteiger partial charge in [-0.3, -0.25) is 0 Å². The summed E-state index contributed by atoms with van der Waals surface area (Å²) in [5.41, 5.74) is 9.24. The molecule has 1 aromatic carbocycles. The van der Waals surface area contributed by atoms with Crippen LogP contribution in [0.2, 0.25) is 0 Å². The van der Waals surface area contributed by atoms with Gasteiger partial charge in [0.1, 0.15) is 5.75 Å². The maximum Gasteiger partial charge on any atom is 0.119 e. The molecule has 0 heterocycles. The highest BCUT2D eigenvalue weighted by atomic mass is 16.5. The number of nitrogens with two attached hydrogens (primary N) is 1. The number of hydrogen-bond acceptors (Lipinski definition) is 2. The van der Waals surface area contributed by atoms with Gasteiger partial charge < -0.3 is 10.5 Å². The van der Waals surface area contributed by atoms with E-state index >= 15 is 0 Å². The van der Waals surface area contributed by atoms with Crippen LogP contribution < -0.4 is 10.5 Å². The second-order valence-electron chi connectivity index (χ2n) is 5.78. The summed E-state index contributed by atoms with van der Waals surface area (Å²) in [6.45, 7) is 4.56. The molecule has 0 fully saturated rings. The summed E-state index contributed by atoms with van der Waals surface area (Å²) in [6, 6.07) is 6.36. The van der Waals surface area contributed by atoms with Crippen molar-refractivity contribution >= 4 is 0 Å². The first-order valence-electron chi connectivity index (χ1n) is 7.05. The number of benzene rings is 1. The van der Waals surface area contributed by atoms with Crippen molar-refractivity contribution in [2.45, 2.75) is 51.5 Å². The van der Waals surface area contributed by atoms with Gasteiger partial charge in [-0.05, 0) is 48.4 Å². The van der Waals surface area contributed by atoms with Crippen molar-refractivity contribution in [3.05, 3.63) is 29.3 Å². The largest absolute Gasteiger partial charge is 0.497 e. The number of fused-ring (bicyclic) bond motifs is 1. The molecular weight excluding hydrogens is 222 g/mol.